The zero-order valence-corrected chi connectivity index (χ0v) is 12.0. The van der Waals surface area contributed by atoms with Crippen molar-refractivity contribution in [2.45, 2.75) is 12.8 Å². The lowest BCUT2D eigenvalue weighted by atomic mass is 10.3. The number of halogens is 1. The van der Waals surface area contributed by atoms with Gasteiger partial charge in [-0.2, -0.15) is 0 Å². The molecule has 0 atom stereocenters. The van der Waals surface area contributed by atoms with Crippen molar-refractivity contribution in [3.8, 4) is 0 Å². The Balaban J connectivity index is 1.86. The predicted octanol–water partition coefficient (Wildman–Crippen LogP) is 2.57. The number of benzene rings is 1. The van der Waals surface area contributed by atoms with E-state index >= 15 is 0 Å². The summed E-state index contributed by atoms with van der Waals surface area (Å²) < 4.78 is 0.949. The maximum absolute atomic E-state index is 11.7. The second kappa shape index (κ2) is 6.52. The quantitative estimate of drug-likeness (QED) is 0.869. The zero-order chi connectivity index (χ0) is 13.7. The van der Waals surface area contributed by atoms with Gasteiger partial charge in [-0.25, -0.2) is 0 Å². The van der Waals surface area contributed by atoms with Crippen LogP contribution in [0.3, 0.4) is 0 Å². The van der Waals surface area contributed by atoms with E-state index in [1.165, 1.54) is 12.2 Å². The van der Waals surface area contributed by atoms with Crippen LogP contribution in [0.25, 0.3) is 0 Å². The lowest BCUT2D eigenvalue weighted by molar-refractivity contribution is -0.125. The van der Waals surface area contributed by atoms with Crippen molar-refractivity contribution in [1.82, 2.24) is 4.90 Å². The molecular formula is C14H15BrN2O2. The van der Waals surface area contributed by atoms with Crippen molar-refractivity contribution in [2.75, 3.05) is 18.4 Å². The molecule has 19 heavy (non-hydrogen) atoms. The molecule has 5 heteroatoms. The van der Waals surface area contributed by atoms with E-state index in [1.54, 1.807) is 17.0 Å². The van der Waals surface area contributed by atoms with Gasteiger partial charge in [0.05, 0.1) is 0 Å². The molecule has 0 spiro atoms. The number of nitrogens with one attached hydrogen (secondary N) is 1. The molecule has 0 bridgehead atoms. The normalized spacial score (nSPS) is 14.9. The van der Waals surface area contributed by atoms with Crippen molar-refractivity contribution in [3.63, 3.8) is 0 Å². The van der Waals surface area contributed by atoms with Gasteiger partial charge in [-0.05, 0) is 37.1 Å². The third-order valence-electron chi connectivity index (χ3n) is 2.91. The van der Waals surface area contributed by atoms with E-state index < -0.39 is 0 Å². The third kappa shape index (κ3) is 4.21. The van der Waals surface area contributed by atoms with Gasteiger partial charge >= 0.3 is 0 Å². The van der Waals surface area contributed by atoms with Gasteiger partial charge in [-0.3, -0.25) is 9.59 Å². The molecule has 0 aliphatic carbocycles. The third-order valence-corrected chi connectivity index (χ3v) is 3.44. The number of hydrogen-bond acceptors (Lipinski definition) is 2. The Kier molecular flexibility index (Phi) is 4.74. The first-order valence-corrected chi connectivity index (χ1v) is 6.98. The summed E-state index contributed by atoms with van der Waals surface area (Å²) in [6.07, 6.45) is 4.71. The van der Waals surface area contributed by atoms with Gasteiger partial charge in [-0.1, -0.05) is 15.9 Å². The molecule has 1 N–H and O–H groups in total. The highest BCUT2D eigenvalue weighted by atomic mass is 79.9. The molecule has 2 rings (SSSR count). The van der Waals surface area contributed by atoms with Crippen molar-refractivity contribution in [3.05, 3.63) is 40.9 Å². The van der Waals surface area contributed by atoms with Crippen LogP contribution >= 0.6 is 15.9 Å². The number of hydrogen-bond donors (Lipinski definition) is 1. The van der Waals surface area contributed by atoms with Crippen molar-refractivity contribution in [2.24, 2.45) is 0 Å². The van der Waals surface area contributed by atoms with Gasteiger partial charge in [0.15, 0.2) is 0 Å². The zero-order valence-electron chi connectivity index (χ0n) is 10.4. The molecule has 0 saturated carbocycles. The molecule has 100 valence electrons. The van der Waals surface area contributed by atoms with E-state index in [0.717, 1.165) is 30.4 Å². The van der Waals surface area contributed by atoms with Crippen LogP contribution in [0.2, 0.25) is 0 Å². The lowest BCUT2D eigenvalue weighted by Crippen LogP contribution is -2.25. The number of amides is 2. The van der Waals surface area contributed by atoms with Gasteiger partial charge in [0.2, 0.25) is 11.8 Å². The van der Waals surface area contributed by atoms with E-state index in [4.69, 9.17) is 0 Å². The first-order valence-electron chi connectivity index (χ1n) is 6.19. The van der Waals surface area contributed by atoms with Crippen LogP contribution in [-0.4, -0.2) is 29.8 Å². The number of nitrogens with zero attached hydrogens (tertiary/aromatic N) is 1. The van der Waals surface area contributed by atoms with E-state index in [0.29, 0.717) is 5.69 Å². The highest BCUT2D eigenvalue weighted by Gasteiger charge is 2.15. The summed E-state index contributed by atoms with van der Waals surface area (Å²) in [5.41, 5.74) is 0.700. The molecule has 1 aromatic rings. The number of carbonyl (C=O) groups excluding carboxylic acids is 2. The standard InChI is InChI=1S/C14H15BrN2O2/c15-11-3-5-12(6-4-11)16-13(18)7-8-14(19)17-9-1-2-10-17/h3-8H,1-2,9-10H2,(H,16,18)/b8-7+. The largest absolute Gasteiger partial charge is 0.339 e. The average Bonchev–Trinajstić information content (AvgIpc) is 2.93. The number of likely N-dealkylation sites (tertiary alicyclic amines) is 1. The summed E-state index contributed by atoms with van der Waals surface area (Å²) in [5.74, 6) is -0.390. The van der Waals surface area contributed by atoms with Gasteiger partial charge < -0.3 is 10.2 Å². The van der Waals surface area contributed by atoms with Crippen LogP contribution < -0.4 is 5.32 Å². The highest BCUT2D eigenvalue weighted by molar-refractivity contribution is 9.10. The summed E-state index contributed by atoms with van der Waals surface area (Å²) in [7, 11) is 0. The molecule has 2 amide bonds. The van der Waals surface area contributed by atoms with Gasteiger partial charge in [-0.15, -0.1) is 0 Å². The summed E-state index contributed by atoms with van der Waals surface area (Å²) >= 11 is 3.32. The lowest BCUT2D eigenvalue weighted by Gasteiger charge is -2.11. The minimum atomic E-state index is -0.296. The number of rotatable bonds is 3. The SMILES string of the molecule is O=C(/C=C/C(=O)N1CCCC1)Nc1ccc(Br)cc1. The van der Waals surface area contributed by atoms with Crippen LogP contribution in [0.15, 0.2) is 40.9 Å². The van der Waals surface area contributed by atoms with Crippen LogP contribution in [-0.2, 0) is 9.59 Å². The minimum Gasteiger partial charge on any atom is -0.339 e. The van der Waals surface area contributed by atoms with Crippen LogP contribution in [0.5, 0.6) is 0 Å². The Bertz CT molecular complexity index is 491. The smallest absolute Gasteiger partial charge is 0.248 e. The number of anilines is 1. The summed E-state index contributed by atoms with van der Waals surface area (Å²) in [5, 5.41) is 2.70. The van der Waals surface area contributed by atoms with Gasteiger partial charge in [0.1, 0.15) is 0 Å². The topological polar surface area (TPSA) is 49.4 Å². The summed E-state index contributed by atoms with van der Waals surface area (Å²) in [6.45, 7) is 1.58. The Morgan fingerprint density at radius 1 is 1.11 bits per heavy atom. The van der Waals surface area contributed by atoms with Crippen molar-refractivity contribution in [1.29, 1.82) is 0 Å². The fourth-order valence-corrected chi connectivity index (χ4v) is 2.17. The van der Waals surface area contributed by atoms with Crippen molar-refractivity contribution < 1.29 is 9.59 Å². The first-order chi connectivity index (χ1) is 9.15. The van der Waals surface area contributed by atoms with Gasteiger partial charge in [0, 0.05) is 35.4 Å². The first kappa shape index (κ1) is 13.8. The molecule has 1 fully saturated rings. The Morgan fingerprint density at radius 3 is 2.37 bits per heavy atom. The van der Waals surface area contributed by atoms with E-state index in [2.05, 4.69) is 21.2 Å². The fraction of sp³-hybridized carbons (Fsp3) is 0.286. The monoisotopic (exact) mass is 322 g/mol. The molecule has 1 aliphatic rings. The second-order valence-corrected chi connectivity index (χ2v) is 5.28. The molecule has 0 unspecified atom stereocenters. The van der Waals surface area contributed by atoms with E-state index in [9.17, 15) is 9.59 Å². The number of carbonyl (C=O) groups is 2. The Hall–Kier alpha value is -1.62. The maximum Gasteiger partial charge on any atom is 0.248 e. The fourth-order valence-electron chi connectivity index (χ4n) is 1.91. The second-order valence-electron chi connectivity index (χ2n) is 4.36. The maximum atomic E-state index is 11.7. The Morgan fingerprint density at radius 2 is 1.74 bits per heavy atom. The summed E-state index contributed by atoms with van der Waals surface area (Å²) in [6, 6.07) is 7.26. The molecule has 0 radical (unpaired) electrons. The van der Waals surface area contributed by atoms with Crippen molar-refractivity contribution >= 4 is 33.4 Å². The molecule has 0 aromatic heterocycles. The molecule has 1 aliphatic heterocycles. The molecular weight excluding hydrogens is 308 g/mol. The molecule has 1 heterocycles. The molecule has 1 aromatic carbocycles. The molecule has 1 saturated heterocycles. The van der Waals surface area contributed by atoms with E-state index in [-0.39, 0.29) is 11.8 Å². The predicted molar refractivity (Wildman–Crippen MR) is 77.7 cm³/mol. The van der Waals surface area contributed by atoms with Gasteiger partial charge in [0.25, 0.3) is 0 Å². The van der Waals surface area contributed by atoms with E-state index in [1.807, 2.05) is 12.1 Å². The van der Waals surface area contributed by atoms with Crippen LogP contribution in [0.1, 0.15) is 12.8 Å². The summed E-state index contributed by atoms with van der Waals surface area (Å²) in [4.78, 5) is 25.1. The van der Waals surface area contributed by atoms with Crippen LogP contribution in [0, 0.1) is 0 Å². The average molecular weight is 323 g/mol. The molecule has 4 nitrogen and oxygen atoms in total. The minimum absolute atomic E-state index is 0.0940. The highest BCUT2D eigenvalue weighted by Crippen LogP contribution is 2.14. The Labute approximate surface area is 120 Å². The van der Waals surface area contributed by atoms with Crippen LogP contribution in [0.4, 0.5) is 5.69 Å².